The highest BCUT2D eigenvalue weighted by Crippen LogP contribution is 2.19. The first kappa shape index (κ1) is 18.0. The molecule has 0 heterocycles. The van der Waals surface area contributed by atoms with Crippen LogP contribution >= 0.6 is 11.6 Å². The second-order valence-corrected chi connectivity index (χ2v) is 6.12. The zero-order valence-corrected chi connectivity index (χ0v) is 14.6. The maximum Gasteiger partial charge on any atom is 0.244 e. The number of halogens is 1. The molecule has 2 rings (SSSR count). The summed E-state index contributed by atoms with van der Waals surface area (Å²) < 4.78 is 0. The Hall–Kier alpha value is -2.33. The standard InChI is InChI=1S/C19H21ClN2O2/c1-14-12-17(20)8-9-18(14)21-19(24)13-22(15(2)23)11-10-16-6-4-3-5-7-16/h3-9,12H,10-11,13H2,1-2H3,(H,21,24). The second-order valence-electron chi connectivity index (χ2n) is 5.68. The SMILES string of the molecule is CC(=O)N(CCc1ccccc1)CC(=O)Nc1ccc(Cl)cc1C. The predicted molar refractivity (Wildman–Crippen MR) is 97.2 cm³/mol. The lowest BCUT2D eigenvalue weighted by molar-refractivity contribution is -0.132. The minimum absolute atomic E-state index is 0.0320. The van der Waals surface area contributed by atoms with E-state index in [4.69, 9.17) is 11.6 Å². The average Bonchev–Trinajstić information content (AvgIpc) is 2.55. The van der Waals surface area contributed by atoms with E-state index in [0.717, 1.165) is 11.1 Å². The third-order valence-corrected chi connectivity index (χ3v) is 3.99. The van der Waals surface area contributed by atoms with Crippen LogP contribution in [-0.2, 0) is 16.0 Å². The van der Waals surface area contributed by atoms with Crippen LogP contribution in [-0.4, -0.2) is 29.8 Å². The van der Waals surface area contributed by atoms with E-state index < -0.39 is 0 Å². The molecule has 0 unspecified atom stereocenters. The minimum atomic E-state index is -0.219. The zero-order valence-electron chi connectivity index (χ0n) is 13.9. The Kier molecular flexibility index (Phi) is 6.38. The zero-order chi connectivity index (χ0) is 17.5. The molecule has 0 aliphatic rings. The molecule has 24 heavy (non-hydrogen) atoms. The van der Waals surface area contributed by atoms with Gasteiger partial charge in [-0.15, -0.1) is 0 Å². The van der Waals surface area contributed by atoms with Crippen molar-refractivity contribution in [2.24, 2.45) is 0 Å². The molecule has 0 atom stereocenters. The molecule has 0 aromatic heterocycles. The second kappa shape index (κ2) is 8.50. The summed E-state index contributed by atoms with van der Waals surface area (Å²) in [6, 6.07) is 15.2. The first-order chi connectivity index (χ1) is 11.5. The highest BCUT2D eigenvalue weighted by molar-refractivity contribution is 6.30. The Balaban J connectivity index is 1.94. The number of nitrogens with zero attached hydrogens (tertiary/aromatic N) is 1. The van der Waals surface area contributed by atoms with Crippen LogP contribution in [0.4, 0.5) is 5.69 Å². The Morgan fingerprint density at radius 2 is 1.83 bits per heavy atom. The van der Waals surface area contributed by atoms with Crippen molar-refractivity contribution in [1.82, 2.24) is 4.90 Å². The predicted octanol–water partition coefficient (Wildman–Crippen LogP) is 3.68. The number of rotatable bonds is 6. The van der Waals surface area contributed by atoms with Gasteiger partial charge in [-0.2, -0.15) is 0 Å². The molecule has 126 valence electrons. The Labute approximate surface area is 147 Å². The van der Waals surface area contributed by atoms with Crippen molar-refractivity contribution in [3.05, 3.63) is 64.7 Å². The van der Waals surface area contributed by atoms with Crippen molar-refractivity contribution >= 4 is 29.1 Å². The van der Waals surface area contributed by atoms with Crippen molar-refractivity contribution < 1.29 is 9.59 Å². The van der Waals surface area contributed by atoms with Gasteiger partial charge in [0.25, 0.3) is 0 Å². The van der Waals surface area contributed by atoms with Gasteiger partial charge in [-0.1, -0.05) is 41.9 Å². The van der Waals surface area contributed by atoms with E-state index in [1.807, 2.05) is 37.3 Å². The van der Waals surface area contributed by atoms with Gasteiger partial charge in [0.15, 0.2) is 0 Å². The maximum absolute atomic E-state index is 12.2. The summed E-state index contributed by atoms with van der Waals surface area (Å²) in [5.41, 5.74) is 2.73. The molecule has 2 amide bonds. The molecule has 0 aliphatic heterocycles. The normalized spacial score (nSPS) is 10.3. The first-order valence-corrected chi connectivity index (χ1v) is 8.19. The van der Waals surface area contributed by atoms with Crippen LogP contribution in [0.1, 0.15) is 18.1 Å². The molecular weight excluding hydrogens is 324 g/mol. The van der Waals surface area contributed by atoms with Gasteiger partial charge in [0.05, 0.1) is 6.54 Å². The van der Waals surface area contributed by atoms with Gasteiger partial charge in [-0.25, -0.2) is 0 Å². The van der Waals surface area contributed by atoms with Crippen molar-refractivity contribution in [3.8, 4) is 0 Å². The number of anilines is 1. The Morgan fingerprint density at radius 1 is 1.12 bits per heavy atom. The van der Waals surface area contributed by atoms with Crippen LogP contribution < -0.4 is 5.32 Å². The van der Waals surface area contributed by atoms with E-state index >= 15 is 0 Å². The van der Waals surface area contributed by atoms with Gasteiger partial charge < -0.3 is 10.2 Å². The number of amides is 2. The maximum atomic E-state index is 12.2. The van der Waals surface area contributed by atoms with Crippen LogP contribution in [0.3, 0.4) is 0 Å². The summed E-state index contributed by atoms with van der Waals surface area (Å²) in [6.07, 6.45) is 0.716. The summed E-state index contributed by atoms with van der Waals surface area (Å²) in [7, 11) is 0. The largest absolute Gasteiger partial charge is 0.333 e. The number of hydrogen-bond acceptors (Lipinski definition) is 2. The summed E-state index contributed by atoms with van der Waals surface area (Å²) in [6.45, 7) is 3.89. The summed E-state index contributed by atoms with van der Waals surface area (Å²) in [5, 5.41) is 3.45. The summed E-state index contributed by atoms with van der Waals surface area (Å²) >= 11 is 5.91. The van der Waals surface area contributed by atoms with Crippen molar-refractivity contribution in [2.75, 3.05) is 18.4 Å². The van der Waals surface area contributed by atoms with E-state index in [1.165, 1.54) is 6.92 Å². The molecule has 0 saturated carbocycles. The number of nitrogens with one attached hydrogen (secondary N) is 1. The molecule has 0 aliphatic carbocycles. The Morgan fingerprint density at radius 3 is 2.46 bits per heavy atom. The quantitative estimate of drug-likeness (QED) is 0.869. The van der Waals surface area contributed by atoms with E-state index in [9.17, 15) is 9.59 Å². The smallest absolute Gasteiger partial charge is 0.244 e. The van der Waals surface area contributed by atoms with E-state index in [-0.39, 0.29) is 18.4 Å². The minimum Gasteiger partial charge on any atom is -0.333 e. The highest BCUT2D eigenvalue weighted by atomic mass is 35.5. The molecule has 0 bridgehead atoms. The molecule has 1 N–H and O–H groups in total. The van der Waals surface area contributed by atoms with E-state index in [2.05, 4.69) is 5.32 Å². The third-order valence-electron chi connectivity index (χ3n) is 3.76. The molecule has 0 fully saturated rings. The monoisotopic (exact) mass is 344 g/mol. The van der Waals surface area contributed by atoms with Gasteiger partial charge in [0.1, 0.15) is 0 Å². The number of hydrogen-bond donors (Lipinski definition) is 1. The molecule has 0 saturated heterocycles. The van der Waals surface area contributed by atoms with Crippen molar-refractivity contribution in [2.45, 2.75) is 20.3 Å². The molecule has 0 radical (unpaired) electrons. The van der Waals surface area contributed by atoms with Crippen LogP contribution in [0.25, 0.3) is 0 Å². The molecular formula is C19H21ClN2O2. The van der Waals surface area contributed by atoms with Crippen LogP contribution in [0.15, 0.2) is 48.5 Å². The highest BCUT2D eigenvalue weighted by Gasteiger charge is 2.14. The Bertz CT molecular complexity index is 717. The first-order valence-electron chi connectivity index (χ1n) is 7.81. The van der Waals surface area contributed by atoms with Gasteiger partial charge >= 0.3 is 0 Å². The molecule has 5 heteroatoms. The third kappa shape index (κ3) is 5.39. The van der Waals surface area contributed by atoms with Crippen molar-refractivity contribution in [1.29, 1.82) is 0 Å². The topological polar surface area (TPSA) is 49.4 Å². The lowest BCUT2D eigenvalue weighted by Crippen LogP contribution is -2.38. The fourth-order valence-electron chi connectivity index (χ4n) is 2.39. The van der Waals surface area contributed by atoms with Crippen molar-refractivity contribution in [3.63, 3.8) is 0 Å². The lowest BCUT2D eigenvalue weighted by atomic mass is 10.1. The number of aryl methyl sites for hydroxylation is 1. The summed E-state index contributed by atoms with van der Waals surface area (Å²) in [5.74, 6) is -0.336. The van der Waals surface area contributed by atoms with E-state index in [1.54, 1.807) is 23.1 Å². The van der Waals surface area contributed by atoms with Gasteiger partial charge in [-0.05, 0) is 42.7 Å². The van der Waals surface area contributed by atoms with Gasteiger partial charge in [0, 0.05) is 24.2 Å². The van der Waals surface area contributed by atoms with Gasteiger partial charge in [0.2, 0.25) is 11.8 Å². The van der Waals surface area contributed by atoms with Crippen LogP contribution in [0.5, 0.6) is 0 Å². The van der Waals surface area contributed by atoms with Crippen LogP contribution in [0.2, 0.25) is 5.02 Å². The molecule has 4 nitrogen and oxygen atoms in total. The fourth-order valence-corrected chi connectivity index (χ4v) is 2.61. The van der Waals surface area contributed by atoms with Gasteiger partial charge in [-0.3, -0.25) is 9.59 Å². The number of carbonyl (C=O) groups is 2. The molecule has 0 spiro atoms. The summed E-state index contributed by atoms with van der Waals surface area (Å²) in [4.78, 5) is 25.6. The number of carbonyl (C=O) groups excluding carboxylic acids is 2. The van der Waals surface area contributed by atoms with E-state index in [0.29, 0.717) is 23.7 Å². The average molecular weight is 345 g/mol. The number of benzene rings is 2. The fraction of sp³-hybridized carbons (Fsp3) is 0.263. The molecule has 2 aromatic rings. The molecule has 2 aromatic carbocycles. The van der Waals surface area contributed by atoms with Crippen LogP contribution in [0, 0.1) is 6.92 Å². The lowest BCUT2D eigenvalue weighted by Gasteiger charge is -2.21.